The second-order valence-electron chi connectivity index (χ2n) is 6.36. The van der Waals surface area contributed by atoms with Crippen molar-refractivity contribution in [3.8, 4) is 17.0 Å². The van der Waals surface area contributed by atoms with Crippen molar-refractivity contribution in [2.45, 2.75) is 12.7 Å². The maximum atomic E-state index is 12.3. The molecule has 2 heterocycles. The second-order valence-corrected chi connectivity index (χ2v) is 9.32. The Balaban J connectivity index is 1.34. The Hall–Kier alpha value is -2.42. The molecule has 0 aliphatic carbocycles. The number of thioether (sulfide) groups is 1. The molecule has 1 amide bonds. The van der Waals surface area contributed by atoms with Crippen molar-refractivity contribution >= 4 is 55.7 Å². The Morgan fingerprint density at radius 2 is 2.07 bits per heavy atom. The Morgan fingerprint density at radius 1 is 1.21 bits per heavy atom. The average Bonchev–Trinajstić information content (AvgIpc) is 3.34. The first-order valence-corrected chi connectivity index (χ1v) is 11.8. The Bertz CT molecular complexity index is 1120. The van der Waals surface area contributed by atoms with Gasteiger partial charge in [-0.2, -0.15) is 0 Å². The number of hydrogen-bond donors (Lipinski definition) is 1. The molecule has 0 aliphatic heterocycles. The molecule has 2 aromatic carbocycles. The lowest BCUT2D eigenvalue weighted by Gasteiger charge is -2.07. The van der Waals surface area contributed by atoms with E-state index in [9.17, 15) is 4.79 Å². The molecule has 0 bridgehead atoms. The van der Waals surface area contributed by atoms with E-state index >= 15 is 0 Å². The summed E-state index contributed by atoms with van der Waals surface area (Å²) in [6.07, 6.45) is 0. The molecule has 4 aromatic rings. The van der Waals surface area contributed by atoms with Crippen LogP contribution in [0.25, 0.3) is 21.5 Å². The minimum atomic E-state index is -0.0618. The van der Waals surface area contributed by atoms with Crippen LogP contribution in [0.1, 0.15) is 10.6 Å². The summed E-state index contributed by atoms with van der Waals surface area (Å²) >= 11 is 4.64. The van der Waals surface area contributed by atoms with Gasteiger partial charge < -0.3 is 10.1 Å². The summed E-state index contributed by atoms with van der Waals surface area (Å²) in [6, 6.07) is 14.0. The highest BCUT2D eigenvalue weighted by Crippen LogP contribution is 2.33. The maximum Gasteiger partial charge on any atom is 0.236 e. The number of para-hydroxylation sites is 1. The number of hydrogen-bond acceptors (Lipinski definition) is 7. The van der Waals surface area contributed by atoms with E-state index in [0.29, 0.717) is 10.9 Å². The van der Waals surface area contributed by atoms with E-state index in [2.05, 4.69) is 21.4 Å². The van der Waals surface area contributed by atoms with Gasteiger partial charge in [-0.1, -0.05) is 23.8 Å². The van der Waals surface area contributed by atoms with Crippen LogP contribution in [0.2, 0.25) is 0 Å². The molecule has 0 atom stereocenters. The van der Waals surface area contributed by atoms with Gasteiger partial charge in [0.05, 0.1) is 28.8 Å². The maximum absolute atomic E-state index is 12.3. The minimum Gasteiger partial charge on any atom is -0.496 e. The van der Waals surface area contributed by atoms with Gasteiger partial charge in [-0.15, -0.1) is 34.4 Å². The van der Waals surface area contributed by atoms with Gasteiger partial charge >= 0.3 is 0 Å². The number of ether oxygens (including phenoxy) is 1. The first kappa shape index (κ1) is 19.9. The van der Waals surface area contributed by atoms with Crippen LogP contribution in [0.15, 0.2) is 47.8 Å². The van der Waals surface area contributed by atoms with Crippen LogP contribution in [0.5, 0.6) is 5.75 Å². The second kappa shape index (κ2) is 8.94. The zero-order valence-electron chi connectivity index (χ0n) is 16.0. The zero-order chi connectivity index (χ0) is 20.2. The summed E-state index contributed by atoms with van der Waals surface area (Å²) in [5.41, 5.74) is 3.87. The van der Waals surface area contributed by atoms with E-state index in [1.807, 2.05) is 48.7 Å². The van der Waals surface area contributed by atoms with Crippen LogP contribution < -0.4 is 10.1 Å². The molecule has 8 heteroatoms. The highest BCUT2D eigenvalue weighted by atomic mass is 32.2. The topological polar surface area (TPSA) is 64.1 Å². The number of fused-ring (bicyclic) bond motifs is 1. The molecule has 2 aromatic heterocycles. The summed E-state index contributed by atoms with van der Waals surface area (Å²) in [5, 5.41) is 6.44. The first-order chi connectivity index (χ1) is 14.1. The van der Waals surface area contributed by atoms with Crippen molar-refractivity contribution in [3.63, 3.8) is 0 Å². The smallest absolute Gasteiger partial charge is 0.236 e. The largest absolute Gasteiger partial charge is 0.496 e. The molecular weight excluding hydrogens is 422 g/mol. The lowest BCUT2D eigenvalue weighted by atomic mass is 10.1. The quantitative estimate of drug-likeness (QED) is 0.404. The first-order valence-electron chi connectivity index (χ1n) is 8.95. The highest BCUT2D eigenvalue weighted by molar-refractivity contribution is 7.99. The summed E-state index contributed by atoms with van der Waals surface area (Å²) in [6.45, 7) is 2.03. The molecule has 0 aliphatic rings. The van der Waals surface area contributed by atoms with Crippen molar-refractivity contribution in [1.29, 1.82) is 0 Å². The number of amides is 1. The molecule has 29 heavy (non-hydrogen) atoms. The number of carbonyl (C=O) groups is 1. The van der Waals surface area contributed by atoms with E-state index < -0.39 is 0 Å². The summed E-state index contributed by atoms with van der Waals surface area (Å²) in [5.74, 6) is 1.79. The predicted molar refractivity (Wildman–Crippen MR) is 123 cm³/mol. The molecule has 0 spiro atoms. The summed E-state index contributed by atoms with van der Waals surface area (Å²) < 4.78 is 6.61. The molecule has 0 fully saturated rings. The van der Waals surface area contributed by atoms with Crippen molar-refractivity contribution in [3.05, 3.63) is 58.4 Å². The van der Waals surface area contributed by atoms with Crippen molar-refractivity contribution in [1.82, 2.24) is 9.97 Å². The third-order valence-corrected chi connectivity index (χ3v) is 7.10. The molecule has 0 radical (unpaired) electrons. The molecule has 0 saturated carbocycles. The van der Waals surface area contributed by atoms with Crippen molar-refractivity contribution in [2.75, 3.05) is 18.2 Å². The third-order valence-electron chi connectivity index (χ3n) is 4.18. The molecule has 4 rings (SSSR count). The van der Waals surface area contributed by atoms with Gasteiger partial charge in [-0.3, -0.25) is 4.79 Å². The number of aromatic nitrogens is 2. The van der Waals surface area contributed by atoms with Gasteiger partial charge in [0, 0.05) is 16.7 Å². The number of benzene rings is 2. The van der Waals surface area contributed by atoms with Crippen LogP contribution >= 0.6 is 34.4 Å². The van der Waals surface area contributed by atoms with E-state index in [1.54, 1.807) is 30.2 Å². The average molecular weight is 442 g/mol. The number of nitrogens with zero attached hydrogens (tertiary/aromatic N) is 2. The SMILES string of the molecule is COc1ccc(C)cc1-c1csc(NC(=O)CSCc2nc3ccccc3s2)n1. The molecular formula is C21H19N3O2S3. The third kappa shape index (κ3) is 4.77. The number of rotatable bonds is 7. The van der Waals surface area contributed by atoms with Crippen LogP contribution in [0, 0.1) is 6.92 Å². The van der Waals surface area contributed by atoms with E-state index in [4.69, 9.17) is 4.74 Å². The van der Waals surface area contributed by atoms with Gasteiger partial charge in [-0.05, 0) is 31.2 Å². The van der Waals surface area contributed by atoms with Crippen molar-refractivity contribution < 1.29 is 9.53 Å². The van der Waals surface area contributed by atoms with Gasteiger partial charge in [0.15, 0.2) is 5.13 Å². The van der Waals surface area contributed by atoms with Gasteiger partial charge in [-0.25, -0.2) is 9.97 Å². The Morgan fingerprint density at radius 3 is 2.90 bits per heavy atom. The summed E-state index contributed by atoms with van der Waals surface area (Å²) in [7, 11) is 1.64. The molecule has 148 valence electrons. The lowest BCUT2D eigenvalue weighted by Crippen LogP contribution is -2.13. The molecule has 0 unspecified atom stereocenters. The standard InChI is InChI=1S/C21H19N3O2S3/c1-13-7-8-17(26-2)14(9-13)16-10-28-21(23-16)24-19(25)11-27-12-20-22-15-5-3-4-6-18(15)29-20/h3-10H,11-12H2,1-2H3,(H,23,24,25). The molecule has 0 saturated heterocycles. The van der Waals surface area contributed by atoms with Crippen LogP contribution in [-0.2, 0) is 10.5 Å². The fraction of sp³-hybridized carbons (Fsp3) is 0.190. The Kier molecular flexibility index (Phi) is 6.13. The van der Waals surface area contributed by atoms with Gasteiger partial charge in [0.1, 0.15) is 10.8 Å². The predicted octanol–water partition coefficient (Wildman–Crippen LogP) is 5.61. The van der Waals surface area contributed by atoms with Gasteiger partial charge in [0.2, 0.25) is 5.91 Å². The number of anilines is 1. The highest BCUT2D eigenvalue weighted by Gasteiger charge is 2.12. The van der Waals surface area contributed by atoms with Crippen LogP contribution in [-0.4, -0.2) is 28.7 Å². The van der Waals surface area contributed by atoms with E-state index in [1.165, 1.54) is 16.0 Å². The molecule has 1 N–H and O–H groups in total. The number of thiazole rings is 2. The molecule has 5 nitrogen and oxygen atoms in total. The number of carbonyl (C=O) groups excluding carboxylic acids is 1. The minimum absolute atomic E-state index is 0.0618. The van der Waals surface area contributed by atoms with Crippen molar-refractivity contribution in [2.24, 2.45) is 0 Å². The number of methoxy groups -OCH3 is 1. The number of aryl methyl sites for hydroxylation is 1. The lowest BCUT2D eigenvalue weighted by molar-refractivity contribution is -0.113. The fourth-order valence-corrected chi connectivity index (χ4v) is 5.42. The van der Waals surface area contributed by atoms with Gasteiger partial charge in [0.25, 0.3) is 0 Å². The van der Waals surface area contributed by atoms with E-state index in [0.717, 1.165) is 38.8 Å². The summed E-state index contributed by atoms with van der Waals surface area (Å²) in [4.78, 5) is 21.4. The monoisotopic (exact) mass is 441 g/mol. The Labute approximate surface area is 181 Å². The fourth-order valence-electron chi connectivity index (χ4n) is 2.84. The van der Waals surface area contributed by atoms with Crippen LogP contribution in [0.3, 0.4) is 0 Å². The zero-order valence-corrected chi connectivity index (χ0v) is 18.4. The normalized spacial score (nSPS) is 11.0. The van der Waals surface area contributed by atoms with E-state index in [-0.39, 0.29) is 5.91 Å². The van der Waals surface area contributed by atoms with Crippen LogP contribution in [0.4, 0.5) is 5.13 Å². The number of nitrogens with one attached hydrogen (secondary N) is 1.